The van der Waals surface area contributed by atoms with Crippen LogP contribution in [0.2, 0.25) is 0 Å². The molecule has 0 aromatic heterocycles. The maximum absolute atomic E-state index is 13.5. The lowest BCUT2D eigenvalue weighted by Gasteiger charge is -2.16. The molecule has 0 amide bonds. The minimum Gasteiger partial charge on any atom is -0.465 e. The van der Waals surface area contributed by atoms with E-state index in [1.54, 1.807) is 33.7 Å². The number of hydrogen-bond donors (Lipinski definition) is 0. The van der Waals surface area contributed by atoms with E-state index >= 15 is 0 Å². The average Bonchev–Trinajstić information content (AvgIpc) is 3.24. The molecule has 1 rings (SSSR count). The van der Waals surface area contributed by atoms with Gasteiger partial charge in [0.05, 0.1) is 12.3 Å². The van der Waals surface area contributed by atoms with E-state index in [0.717, 1.165) is 44.2 Å². The van der Waals surface area contributed by atoms with Gasteiger partial charge in [-0.2, -0.15) is 0 Å². The van der Waals surface area contributed by atoms with Crippen LogP contribution >= 0.6 is 21.6 Å². The summed E-state index contributed by atoms with van der Waals surface area (Å²) >= 11 is 0. The van der Waals surface area contributed by atoms with Gasteiger partial charge in [-0.3, -0.25) is 14.4 Å². The molecule has 0 spiro atoms. The van der Waals surface area contributed by atoms with Gasteiger partial charge in [0.1, 0.15) is 19.0 Å². The first kappa shape index (κ1) is 57.3. The number of esters is 3. The van der Waals surface area contributed by atoms with Crippen LogP contribution in [0.1, 0.15) is 225 Å². The van der Waals surface area contributed by atoms with E-state index in [0.29, 0.717) is 36.9 Å². The van der Waals surface area contributed by atoms with Crippen LogP contribution < -0.4 is 4.74 Å². The number of ether oxygens (including phenoxy) is 3. The molecule has 0 N–H and O–H groups in total. The van der Waals surface area contributed by atoms with Gasteiger partial charge >= 0.3 is 17.9 Å². The standard InChI is InChI=1S/C52H93NO6S2/c1-5-7-9-11-13-15-17-19-21-23-25-27-29-31-34-48(35-32-30-28-26-24-22-20-18-16-14-12-10-8-6-2)52(56)59-49-39-37-47(38-40-49)46-51(55)58-43-45-61-60-44-42-57-50(54)36-33-41-53(3)4/h37-40,48H,5-36,41-46H2,1-4H3. The lowest BCUT2D eigenvalue weighted by molar-refractivity contribution is -0.143. The summed E-state index contributed by atoms with van der Waals surface area (Å²) in [5, 5.41) is 0. The van der Waals surface area contributed by atoms with Gasteiger partial charge in [-0.05, 0) is 57.6 Å². The summed E-state index contributed by atoms with van der Waals surface area (Å²) in [7, 11) is 7.20. The molecule has 0 fully saturated rings. The van der Waals surface area contributed by atoms with Crippen LogP contribution in [-0.4, -0.2) is 68.2 Å². The highest BCUT2D eigenvalue weighted by molar-refractivity contribution is 8.76. The summed E-state index contributed by atoms with van der Waals surface area (Å²) in [4.78, 5) is 39.8. The first-order valence-corrected chi connectivity index (χ1v) is 27.9. The Labute approximate surface area is 383 Å². The molecule has 0 atom stereocenters. The Kier molecular flexibility index (Phi) is 40.9. The van der Waals surface area contributed by atoms with Crippen LogP contribution in [0.5, 0.6) is 5.75 Å². The van der Waals surface area contributed by atoms with Gasteiger partial charge in [-0.25, -0.2) is 0 Å². The number of unbranched alkanes of at least 4 members (excludes halogenated alkanes) is 26. The minimum absolute atomic E-state index is 0.0616. The molecule has 9 heteroatoms. The number of carbonyl (C=O) groups is 3. The van der Waals surface area contributed by atoms with Gasteiger partial charge in [0.2, 0.25) is 0 Å². The van der Waals surface area contributed by atoms with Crippen molar-refractivity contribution in [3.05, 3.63) is 29.8 Å². The van der Waals surface area contributed by atoms with Crippen molar-refractivity contribution in [2.45, 2.75) is 226 Å². The molecule has 0 radical (unpaired) electrons. The third-order valence-corrected chi connectivity index (χ3v) is 13.9. The average molecular weight is 892 g/mol. The SMILES string of the molecule is CCCCCCCCCCCCCCCCC(CCCCCCCCCCCCCCCC)C(=O)Oc1ccc(CC(=O)OCCSSCCOC(=O)CCCN(C)C)cc1. The zero-order chi connectivity index (χ0) is 44.3. The lowest BCUT2D eigenvalue weighted by Crippen LogP contribution is -2.21. The predicted octanol–water partition coefficient (Wildman–Crippen LogP) is 15.3. The van der Waals surface area contributed by atoms with E-state index in [9.17, 15) is 14.4 Å². The largest absolute Gasteiger partial charge is 0.465 e. The van der Waals surface area contributed by atoms with Gasteiger partial charge in [0, 0.05) is 17.9 Å². The predicted molar refractivity (Wildman–Crippen MR) is 264 cm³/mol. The van der Waals surface area contributed by atoms with Crippen LogP contribution in [-0.2, 0) is 30.3 Å². The van der Waals surface area contributed by atoms with Crippen molar-refractivity contribution < 1.29 is 28.6 Å². The third-order valence-electron chi connectivity index (χ3n) is 11.6. The molecule has 0 aliphatic rings. The molecule has 0 unspecified atom stereocenters. The monoisotopic (exact) mass is 892 g/mol. The zero-order valence-corrected chi connectivity index (χ0v) is 41.6. The molecule has 1 aromatic carbocycles. The molecule has 1 aromatic rings. The molecule has 0 aliphatic carbocycles. The van der Waals surface area contributed by atoms with Crippen molar-refractivity contribution in [1.29, 1.82) is 0 Å². The van der Waals surface area contributed by atoms with Gasteiger partial charge in [-0.15, -0.1) is 0 Å². The summed E-state index contributed by atoms with van der Waals surface area (Å²) in [6.45, 7) is 6.16. The van der Waals surface area contributed by atoms with Crippen molar-refractivity contribution >= 4 is 39.5 Å². The Morgan fingerprint density at radius 1 is 0.508 bits per heavy atom. The fourth-order valence-corrected chi connectivity index (χ4v) is 9.41. The van der Waals surface area contributed by atoms with Gasteiger partial charge < -0.3 is 19.1 Å². The Bertz CT molecular complexity index is 1120. The van der Waals surface area contributed by atoms with E-state index in [2.05, 4.69) is 18.7 Å². The number of nitrogens with zero attached hydrogens (tertiary/aromatic N) is 1. The second-order valence-electron chi connectivity index (χ2n) is 17.7. The highest BCUT2D eigenvalue weighted by Crippen LogP contribution is 2.24. The molecule has 0 heterocycles. The summed E-state index contributed by atoms with van der Waals surface area (Å²) in [6.07, 6.45) is 40.6. The number of carbonyl (C=O) groups excluding carboxylic acids is 3. The molecule has 0 bridgehead atoms. The smallest absolute Gasteiger partial charge is 0.314 e. The quantitative estimate of drug-likeness (QED) is 0.0275. The summed E-state index contributed by atoms with van der Waals surface area (Å²) in [5.41, 5.74) is 0.834. The first-order chi connectivity index (χ1) is 29.8. The van der Waals surface area contributed by atoms with Crippen molar-refractivity contribution in [3.8, 4) is 5.75 Å². The van der Waals surface area contributed by atoms with E-state index in [-0.39, 0.29) is 30.2 Å². The second kappa shape index (κ2) is 43.5. The van der Waals surface area contributed by atoms with E-state index in [4.69, 9.17) is 14.2 Å². The fourth-order valence-electron chi connectivity index (χ4n) is 7.75. The van der Waals surface area contributed by atoms with E-state index in [1.165, 1.54) is 167 Å². The third kappa shape index (κ3) is 38.5. The first-order valence-electron chi connectivity index (χ1n) is 25.4. The zero-order valence-electron chi connectivity index (χ0n) is 40.0. The second-order valence-corrected chi connectivity index (χ2v) is 20.4. The van der Waals surface area contributed by atoms with Crippen LogP contribution in [0.4, 0.5) is 0 Å². The molecular weight excluding hydrogens is 799 g/mol. The maximum atomic E-state index is 13.5. The highest BCUT2D eigenvalue weighted by Gasteiger charge is 2.20. The molecular formula is C52H93NO6S2. The van der Waals surface area contributed by atoms with Crippen molar-refractivity contribution in [3.63, 3.8) is 0 Å². The summed E-state index contributed by atoms with van der Waals surface area (Å²) < 4.78 is 16.7. The molecule has 354 valence electrons. The molecule has 7 nitrogen and oxygen atoms in total. The molecule has 61 heavy (non-hydrogen) atoms. The van der Waals surface area contributed by atoms with E-state index in [1.807, 2.05) is 26.2 Å². The lowest BCUT2D eigenvalue weighted by atomic mass is 9.94. The van der Waals surface area contributed by atoms with Crippen molar-refractivity contribution in [2.75, 3.05) is 45.4 Å². The van der Waals surface area contributed by atoms with Crippen molar-refractivity contribution in [2.24, 2.45) is 5.92 Å². The topological polar surface area (TPSA) is 82.1 Å². The number of rotatable bonds is 45. The van der Waals surface area contributed by atoms with E-state index < -0.39 is 0 Å². The van der Waals surface area contributed by atoms with Crippen LogP contribution in [0.25, 0.3) is 0 Å². The minimum atomic E-state index is -0.275. The Morgan fingerprint density at radius 2 is 0.885 bits per heavy atom. The molecule has 0 aliphatic heterocycles. The van der Waals surface area contributed by atoms with Crippen LogP contribution in [0.15, 0.2) is 24.3 Å². The fraction of sp³-hybridized carbons (Fsp3) is 0.827. The van der Waals surface area contributed by atoms with Crippen molar-refractivity contribution in [1.82, 2.24) is 4.90 Å². The van der Waals surface area contributed by atoms with Gasteiger partial charge in [-0.1, -0.05) is 227 Å². The van der Waals surface area contributed by atoms with Crippen LogP contribution in [0, 0.1) is 5.92 Å². The Balaban J connectivity index is 2.37. The molecule has 0 saturated heterocycles. The number of hydrogen-bond acceptors (Lipinski definition) is 9. The summed E-state index contributed by atoms with van der Waals surface area (Å²) in [6, 6.07) is 7.31. The maximum Gasteiger partial charge on any atom is 0.314 e. The van der Waals surface area contributed by atoms with Gasteiger partial charge in [0.15, 0.2) is 0 Å². The summed E-state index contributed by atoms with van der Waals surface area (Å²) in [5.74, 6) is 1.32. The normalized spacial score (nSPS) is 11.4. The highest BCUT2D eigenvalue weighted by atomic mass is 33.1. The molecule has 0 saturated carbocycles. The Hall–Kier alpha value is -1.71. The van der Waals surface area contributed by atoms with Gasteiger partial charge in [0.25, 0.3) is 0 Å². The Morgan fingerprint density at radius 3 is 1.28 bits per heavy atom. The number of benzene rings is 1. The van der Waals surface area contributed by atoms with Crippen LogP contribution in [0.3, 0.4) is 0 Å².